The van der Waals surface area contributed by atoms with Crippen LogP contribution in [0.15, 0.2) is 24.3 Å². The lowest BCUT2D eigenvalue weighted by Crippen LogP contribution is -2.61. The number of rotatable bonds is 2. The molecule has 25 heavy (non-hydrogen) atoms. The first-order valence-corrected chi connectivity index (χ1v) is 9.30. The zero-order valence-corrected chi connectivity index (χ0v) is 14.5. The molecule has 1 aromatic carbocycles. The van der Waals surface area contributed by atoms with Gasteiger partial charge in [0, 0.05) is 32.2 Å². The summed E-state index contributed by atoms with van der Waals surface area (Å²) in [5, 5.41) is 2.70. The van der Waals surface area contributed by atoms with Crippen LogP contribution in [0.5, 0.6) is 0 Å². The van der Waals surface area contributed by atoms with Crippen LogP contribution >= 0.6 is 0 Å². The maximum Gasteiger partial charge on any atom is 0.321 e. The molecular formula is C19H26FN3O2. The number of piperidine rings is 1. The highest BCUT2D eigenvalue weighted by Crippen LogP contribution is 2.51. The van der Waals surface area contributed by atoms with Crippen LogP contribution in [0, 0.1) is 11.2 Å². The molecule has 3 aliphatic rings. The number of benzene rings is 1. The summed E-state index contributed by atoms with van der Waals surface area (Å²) in [6, 6.07) is 6.76. The van der Waals surface area contributed by atoms with Gasteiger partial charge in [0.05, 0.1) is 18.9 Å². The third-order valence-corrected chi connectivity index (χ3v) is 6.27. The predicted octanol–water partition coefficient (Wildman–Crippen LogP) is 2.93. The predicted molar refractivity (Wildman–Crippen MR) is 94.1 cm³/mol. The Labute approximate surface area is 148 Å². The molecule has 2 amide bonds. The van der Waals surface area contributed by atoms with E-state index in [4.69, 9.17) is 4.74 Å². The summed E-state index contributed by atoms with van der Waals surface area (Å²) in [6.45, 7) is 5.24. The molecule has 1 aromatic rings. The highest BCUT2D eigenvalue weighted by atomic mass is 19.1. The number of amides is 2. The van der Waals surface area contributed by atoms with E-state index < -0.39 is 5.82 Å². The fraction of sp³-hybridized carbons (Fsp3) is 0.632. The maximum absolute atomic E-state index is 13.7. The van der Waals surface area contributed by atoms with Gasteiger partial charge in [-0.2, -0.15) is 0 Å². The number of carbonyl (C=O) groups excluding carboxylic acids is 1. The number of carbonyl (C=O) groups is 1. The fourth-order valence-electron chi connectivity index (χ4n) is 4.64. The van der Waals surface area contributed by atoms with Crippen LogP contribution in [-0.4, -0.2) is 61.3 Å². The molecule has 5 nitrogen and oxygen atoms in total. The van der Waals surface area contributed by atoms with Crippen LogP contribution in [0.25, 0.3) is 0 Å². The smallest absolute Gasteiger partial charge is 0.321 e. The molecule has 1 saturated carbocycles. The van der Waals surface area contributed by atoms with E-state index in [1.807, 2.05) is 4.90 Å². The third kappa shape index (κ3) is 3.25. The molecule has 2 heterocycles. The highest BCUT2D eigenvalue weighted by Gasteiger charge is 2.51. The molecule has 1 N–H and O–H groups in total. The van der Waals surface area contributed by atoms with E-state index in [1.54, 1.807) is 18.2 Å². The van der Waals surface area contributed by atoms with E-state index in [1.165, 1.54) is 18.9 Å². The van der Waals surface area contributed by atoms with Gasteiger partial charge < -0.3 is 15.0 Å². The summed E-state index contributed by atoms with van der Waals surface area (Å²) in [4.78, 5) is 16.9. The number of likely N-dealkylation sites (tertiary alicyclic amines) is 1. The van der Waals surface area contributed by atoms with E-state index in [0.717, 1.165) is 52.2 Å². The lowest BCUT2D eigenvalue weighted by atomic mass is 9.58. The number of hydrogen-bond donors (Lipinski definition) is 1. The number of nitrogens with zero attached hydrogens (tertiary/aromatic N) is 2. The molecule has 1 aliphatic carbocycles. The Balaban J connectivity index is 1.33. The summed E-state index contributed by atoms with van der Waals surface area (Å²) >= 11 is 0. The van der Waals surface area contributed by atoms with Crippen molar-refractivity contribution in [3.8, 4) is 0 Å². The van der Waals surface area contributed by atoms with E-state index in [0.29, 0.717) is 11.5 Å². The summed E-state index contributed by atoms with van der Waals surface area (Å²) in [7, 11) is 0. The zero-order valence-electron chi connectivity index (χ0n) is 14.5. The molecule has 1 unspecified atom stereocenters. The molecule has 3 fully saturated rings. The largest absolute Gasteiger partial charge is 0.379 e. The number of anilines is 1. The minimum Gasteiger partial charge on any atom is -0.379 e. The Bertz CT molecular complexity index is 625. The third-order valence-electron chi connectivity index (χ3n) is 6.27. The van der Waals surface area contributed by atoms with Crippen molar-refractivity contribution in [2.75, 3.05) is 44.7 Å². The molecule has 0 aromatic heterocycles. The summed E-state index contributed by atoms with van der Waals surface area (Å²) < 4.78 is 19.2. The molecule has 2 saturated heterocycles. The van der Waals surface area contributed by atoms with Gasteiger partial charge in [0.15, 0.2) is 0 Å². The van der Waals surface area contributed by atoms with Crippen molar-refractivity contribution in [3.05, 3.63) is 30.1 Å². The van der Waals surface area contributed by atoms with Gasteiger partial charge >= 0.3 is 6.03 Å². The molecule has 4 rings (SSSR count). The van der Waals surface area contributed by atoms with Gasteiger partial charge in [0.25, 0.3) is 0 Å². The average Bonchev–Trinajstić information content (AvgIpc) is 2.64. The molecule has 1 spiro atoms. The van der Waals surface area contributed by atoms with Crippen molar-refractivity contribution in [2.24, 2.45) is 5.41 Å². The number of urea groups is 1. The second-order valence-electron chi connectivity index (χ2n) is 7.46. The normalized spacial score (nSPS) is 26.3. The lowest BCUT2D eigenvalue weighted by molar-refractivity contribution is -0.0927. The Hall–Kier alpha value is -1.66. The van der Waals surface area contributed by atoms with Gasteiger partial charge in [-0.05, 0) is 43.2 Å². The number of hydrogen-bond acceptors (Lipinski definition) is 3. The summed E-state index contributed by atoms with van der Waals surface area (Å²) in [5.41, 5.74) is 0.620. The number of ether oxygens (including phenoxy) is 1. The van der Waals surface area contributed by atoms with Gasteiger partial charge in [-0.1, -0.05) is 12.1 Å². The van der Waals surface area contributed by atoms with Crippen molar-refractivity contribution in [1.29, 1.82) is 0 Å². The Kier molecular flexibility index (Phi) is 4.65. The highest BCUT2D eigenvalue weighted by molar-refractivity contribution is 5.89. The number of nitrogens with one attached hydrogen (secondary N) is 1. The fourth-order valence-corrected chi connectivity index (χ4v) is 4.64. The SMILES string of the molecule is O=C(Nc1ccccc1F)N1CCC2(CCC2N2CCOCC2)CC1. The van der Waals surface area contributed by atoms with Crippen LogP contribution in [0.2, 0.25) is 0 Å². The molecule has 2 aliphatic heterocycles. The first kappa shape index (κ1) is 16.8. The van der Waals surface area contributed by atoms with Crippen LogP contribution in [0.1, 0.15) is 25.7 Å². The second-order valence-corrected chi connectivity index (χ2v) is 7.46. The summed E-state index contributed by atoms with van der Waals surface area (Å²) in [5.74, 6) is -0.393. The molecule has 1 atom stereocenters. The van der Waals surface area contributed by atoms with Gasteiger partial charge in [0.1, 0.15) is 5.82 Å². The monoisotopic (exact) mass is 347 g/mol. The van der Waals surface area contributed by atoms with E-state index in [2.05, 4.69) is 10.2 Å². The quantitative estimate of drug-likeness (QED) is 0.895. The number of morpholine rings is 1. The van der Waals surface area contributed by atoms with Crippen molar-refractivity contribution >= 4 is 11.7 Å². The van der Waals surface area contributed by atoms with Crippen LogP contribution in [0.4, 0.5) is 14.9 Å². The van der Waals surface area contributed by atoms with Crippen LogP contribution in [0.3, 0.4) is 0 Å². The summed E-state index contributed by atoms with van der Waals surface area (Å²) in [6.07, 6.45) is 4.61. The van der Waals surface area contributed by atoms with Gasteiger partial charge in [0.2, 0.25) is 0 Å². The van der Waals surface area contributed by atoms with Crippen molar-refractivity contribution in [3.63, 3.8) is 0 Å². The first-order chi connectivity index (χ1) is 12.2. The minimum absolute atomic E-state index is 0.192. The van der Waals surface area contributed by atoms with Gasteiger partial charge in [-0.15, -0.1) is 0 Å². The Morgan fingerprint density at radius 1 is 1.12 bits per heavy atom. The van der Waals surface area contributed by atoms with Gasteiger partial charge in [-0.25, -0.2) is 9.18 Å². The van der Waals surface area contributed by atoms with E-state index in [-0.39, 0.29) is 11.7 Å². The Morgan fingerprint density at radius 3 is 2.48 bits per heavy atom. The minimum atomic E-state index is -0.393. The van der Waals surface area contributed by atoms with Crippen LogP contribution in [-0.2, 0) is 4.74 Å². The van der Waals surface area contributed by atoms with E-state index in [9.17, 15) is 9.18 Å². The van der Waals surface area contributed by atoms with Crippen molar-refractivity contribution in [1.82, 2.24) is 9.80 Å². The molecule has 6 heteroatoms. The average molecular weight is 347 g/mol. The number of halogens is 1. The van der Waals surface area contributed by atoms with Crippen LogP contribution < -0.4 is 5.32 Å². The standard InChI is InChI=1S/C19H26FN3O2/c20-15-3-1-2-4-16(15)21-18(24)23-9-7-19(8-10-23)6-5-17(19)22-11-13-25-14-12-22/h1-4,17H,5-14H2,(H,21,24). The van der Waals surface area contributed by atoms with E-state index >= 15 is 0 Å². The molecule has 136 valence electrons. The van der Waals surface area contributed by atoms with Crippen molar-refractivity contribution < 1.29 is 13.9 Å². The van der Waals surface area contributed by atoms with Crippen molar-refractivity contribution in [2.45, 2.75) is 31.7 Å². The second kappa shape index (κ2) is 6.92. The molecule has 0 radical (unpaired) electrons. The zero-order chi connectivity index (χ0) is 17.3. The maximum atomic E-state index is 13.7. The van der Waals surface area contributed by atoms with Gasteiger partial charge in [-0.3, -0.25) is 4.90 Å². The lowest BCUT2D eigenvalue weighted by Gasteiger charge is -2.58. The number of para-hydroxylation sites is 1. The molecule has 0 bridgehead atoms. The first-order valence-electron chi connectivity index (χ1n) is 9.30. The Morgan fingerprint density at radius 2 is 1.84 bits per heavy atom. The topological polar surface area (TPSA) is 44.8 Å². The molecular weight excluding hydrogens is 321 g/mol.